The number of terminal acetylenes is 1. The topological polar surface area (TPSA) is 32.7 Å². The van der Waals surface area contributed by atoms with E-state index < -0.39 is 6.10 Å². The first-order valence-electron chi connectivity index (χ1n) is 6.19. The molecule has 0 saturated carbocycles. The summed E-state index contributed by atoms with van der Waals surface area (Å²) in [6, 6.07) is 2.12. The maximum Gasteiger partial charge on any atom is 0.107 e. The average molecular weight is 267 g/mol. The molecule has 1 aromatic rings. The lowest BCUT2D eigenvalue weighted by Crippen LogP contribution is -2.35. The molecule has 4 heteroatoms. The number of aliphatic hydroxyl groups is 1. The molecule has 0 radical (unpaired) electrons. The van der Waals surface area contributed by atoms with Crippen molar-refractivity contribution >= 4 is 11.3 Å². The fraction of sp³-hybridized carbons (Fsp3) is 0.571. The van der Waals surface area contributed by atoms with Gasteiger partial charge in [-0.3, -0.25) is 4.90 Å². The van der Waals surface area contributed by atoms with Crippen LogP contribution in [0.15, 0.2) is 16.8 Å². The third kappa shape index (κ3) is 6.18. The van der Waals surface area contributed by atoms with Crippen molar-refractivity contribution in [1.82, 2.24) is 4.90 Å². The normalized spacial score (nSPS) is 12.6. The summed E-state index contributed by atoms with van der Waals surface area (Å²) >= 11 is 1.70. The molecule has 0 amide bonds. The zero-order valence-electron chi connectivity index (χ0n) is 10.8. The second-order valence-electron chi connectivity index (χ2n) is 4.24. The van der Waals surface area contributed by atoms with E-state index in [4.69, 9.17) is 11.2 Å². The van der Waals surface area contributed by atoms with Gasteiger partial charge in [-0.25, -0.2) is 0 Å². The lowest BCUT2D eigenvalue weighted by atomic mass is 10.2. The van der Waals surface area contributed by atoms with Crippen LogP contribution in [0, 0.1) is 12.3 Å². The van der Waals surface area contributed by atoms with E-state index in [0.29, 0.717) is 13.2 Å². The highest BCUT2D eigenvalue weighted by molar-refractivity contribution is 7.07. The molecule has 0 spiro atoms. The van der Waals surface area contributed by atoms with Crippen LogP contribution in [0.2, 0.25) is 0 Å². The van der Waals surface area contributed by atoms with Gasteiger partial charge in [0, 0.05) is 13.1 Å². The van der Waals surface area contributed by atoms with Gasteiger partial charge in [0.2, 0.25) is 0 Å². The van der Waals surface area contributed by atoms with Gasteiger partial charge in [0.05, 0.1) is 12.7 Å². The van der Waals surface area contributed by atoms with Gasteiger partial charge in [-0.05, 0) is 35.4 Å². The number of ether oxygens (including phenoxy) is 1. The molecule has 0 aliphatic carbocycles. The van der Waals surface area contributed by atoms with Gasteiger partial charge in [0.25, 0.3) is 0 Å². The molecule has 0 fully saturated rings. The number of nitrogens with zero attached hydrogens (tertiary/aromatic N) is 1. The number of hydrogen-bond donors (Lipinski definition) is 1. The Morgan fingerprint density at radius 1 is 1.61 bits per heavy atom. The maximum atomic E-state index is 9.87. The van der Waals surface area contributed by atoms with E-state index >= 15 is 0 Å². The summed E-state index contributed by atoms with van der Waals surface area (Å²) in [4.78, 5) is 2.24. The van der Waals surface area contributed by atoms with Gasteiger partial charge in [-0.1, -0.05) is 12.8 Å². The standard InChI is InChI=1S/C14H21NO2S/c1-3-6-15(9-13-5-8-18-12-13)10-14(16)11-17-7-4-2/h2,5,8,12,14,16H,3,6-7,9-11H2,1H3. The summed E-state index contributed by atoms with van der Waals surface area (Å²) in [7, 11) is 0. The van der Waals surface area contributed by atoms with Crippen molar-refractivity contribution in [2.24, 2.45) is 0 Å². The Balaban J connectivity index is 2.35. The molecule has 1 unspecified atom stereocenters. The van der Waals surface area contributed by atoms with Crippen molar-refractivity contribution in [3.8, 4) is 12.3 Å². The predicted molar refractivity (Wildman–Crippen MR) is 75.5 cm³/mol. The fourth-order valence-corrected chi connectivity index (χ4v) is 2.46. The SMILES string of the molecule is C#CCOCC(O)CN(CCC)Cc1ccsc1. The van der Waals surface area contributed by atoms with E-state index in [0.717, 1.165) is 19.5 Å². The van der Waals surface area contributed by atoms with Crippen molar-refractivity contribution in [1.29, 1.82) is 0 Å². The molecule has 1 atom stereocenters. The molecule has 3 nitrogen and oxygen atoms in total. The van der Waals surface area contributed by atoms with Crippen LogP contribution in [-0.2, 0) is 11.3 Å². The molecule has 100 valence electrons. The summed E-state index contributed by atoms with van der Waals surface area (Å²) in [6.45, 7) is 5.17. The zero-order chi connectivity index (χ0) is 13.2. The van der Waals surface area contributed by atoms with Crippen molar-refractivity contribution < 1.29 is 9.84 Å². The second-order valence-corrected chi connectivity index (χ2v) is 5.02. The molecule has 1 aromatic heterocycles. The van der Waals surface area contributed by atoms with Gasteiger partial charge in [0.15, 0.2) is 0 Å². The van der Waals surface area contributed by atoms with E-state index in [2.05, 4.69) is 34.6 Å². The maximum absolute atomic E-state index is 9.87. The average Bonchev–Trinajstić information content (AvgIpc) is 2.82. The zero-order valence-corrected chi connectivity index (χ0v) is 11.7. The second kappa shape index (κ2) is 9.12. The molecule has 1 rings (SSSR count). The van der Waals surface area contributed by atoms with Gasteiger partial charge in [-0.2, -0.15) is 11.3 Å². The summed E-state index contributed by atoms with van der Waals surface area (Å²) in [5.41, 5.74) is 1.30. The molecule has 0 saturated heterocycles. The molecule has 0 bridgehead atoms. The largest absolute Gasteiger partial charge is 0.389 e. The highest BCUT2D eigenvalue weighted by atomic mass is 32.1. The van der Waals surface area contributed by atoms with Gasteiger partial charge >= 0.3 is 0 Å². The van der Waals surface area contributed by atoms with E-state index in [1.807, 2.05) is 0 Å². The molecule has 0 aliphatic heterocycles. The van der Waals surface area contributed by atoms with Crippen molar-refractivity contribution in [2.45, 2.75) is 26.0 Å². The molecule has 1 heterocycles. The Labute approximate surface area is 113 Å². The van der Waals surface area contributed by atoms with Crippen molar-refractivity contribution in [3.05, 3.63) is 22.4 Å². The monoisotopic (exact) mass is 267 g/mol. The van der Waals surface area contributed by atoms with Crippen LogP contribution < -0.4 is 0 Å². The van der Waals surface area contributed by atoms with E-state index in [1.54, 1.807) is 11.3 Å². The van der Waals surface area contributed by atoms with E-state index in [1.165, 1.54) is 5.56 Å². The molecule has 0 aliphatic rings. The molecule has 18 heavy (non-hydrogen) atoms. The van der Waals surface area contributed by atoms with Crippen LogP contribution in [0.5, 0.6) is 0 Å². The quantitative estimate of drug-likeness (QED) is 0.548. The minimum Gasteiger partial charge on any atom is -0.389 e. The first-order valence-corrected chi connectivity index (χ1v) is 7.13. The minimum absolute atomic E-state index is 0.259. The lowest BCUT2D eigenvalue weighted by molar-refractivity contribution is 0.0261. The van der Waals surface area contributed by atoms with E-state index in [-0.39, 0.29) is 6.61 Å². The summed E-state index contributed by atoms with van der Waals surface area (Å²) in [6.07, 6.45) is 5.68. The lowest BCUT2D eigenvalue weighted by Gasteiger charge is -2.24. The molecule has 0 aromatic carbocycles. The van der Waals surface area contributed by atoms with Crippen LogP contribution in [-0.4, -0.2) is 42.4 Å². The van der Waals surface area contributed by atoms with Gasteiger partial charge in [0.1, 0.15) is 6.61 Å². The third-order valence-electron chi connectivity index (χ3n) is 2.49. The highest BCUT2D eigenvalue weighted by Gasteiger charge is 2.12. The first kappa shape index (κ1) is 15.2. The summed E-state index contributed by atoms with van der Waals surface area (Å²) in [5, 5.41) is 14.1. The predicted octanol–water partition coefficient (Wildman–Crippen LogP) is 1.97. The highest BCUT2D eigenvalue weighted by Crippen LogP contribution is 2.10. The Bertz CT molecular complexity index is 345. The molecular weight excluding hydrogens is 246 g/mol. The summed E-state index contributed by atoms with van der Waals surface area (Å²) < 4.78 is 5.15. The van der Waals surface area contributed by atoms with Gasteiger partial charge < -0.3 is 9.84 Å². The van der Waals surface area contributed by atoms with Crippen LogP contribution >= 0.6 is 11.3 Å². The first-order chi connectivity index (χ1) is 8.76. The van der Waals surface area contributed by atoms with Crippen LogP contribution in [0.3, 0.4) is 0 Å². The minimum atomic E-state index is -0.483. The number of rotatable bonds is 9. The Morgan fingerprint density at radius 2 is 2.44 bits per heavy atom. The Hall–Kier alpha value is -0.860. The third-order valence-corrected chi connectivity index (χ3v) is 3.22. The molecular formula is C14H21NO2S. The Morgan fingerprint density at radius 3 is 3.06 bits per heavy atom. The van der Waals surface area contributed by atoms with E-state index in [9.17, 15) is 5.11 Å². The van der Waals surface area contributed by atoms with Crippen LogP contribution in [0.4, 0.5) is 0 Å². The summed E-state index contributed by atoms with van der Waals surface area (Å²) in [5.74, 6) is 2.39. The Kier molecular flexibility index (Phi) is 7.70. The van der Waals surface area contributed by atoms with Crippen molar-refractivity contribution in [2.75, 3.05) is 26.3 Å². The fourth-order valence-electron chi connectivity index (χ4n) is 1.80. The smallest absolute Gasteiger partial charge is 0.107 e. The number of thiophene rings is 1. The molecule has 1 N–H and O–H groups in total. The van der Waals surface area contributed by atoms with Crippen molar-refractivity contribution in [3.63, 3.8) is 0 Å². The van der Waals surface area contributed by atoms with Crippen LogP contribution in [0.25, 0.3) is 0 Å². The van der Waals surface area contributed by atoms with Crippen LogP contribution in [0.1, 0.15) is 18.9 Å². The number of aliphatic hydroxyl groups excluding tert-OH is 1. The number of hydrogen-bond acceptors (Lipinski definition) is 4. The van der Waals surface area contributed by atoms with Gasteiger partial charge in [-0.15, -0.1) is 6.42 Å².